The number of hydrogen-bond acceptors (Lipinski definition) is 2. The minimum absolute atomic E-state index is 0.134. The third-order valence-electron chi connectivity index (χ3n) is 7.96. The van der Waals surface area contributed by atoms with Crippen molar-refractivity contribution in [2.75, 3.05) is 6.61 Å². The summed E-state index contributed by atoms with van der Waals surface area (Å²) in [5, 5.41) is 0. The lowest BCUT2D eigenvalue weighted by Gasteiger charge is -2.22. The van der Waals surface area contributed by atoms with E-state index in [0.717, 1.165) is 18.3 Å². The lowest BCUT2D eigenvalue weighted by atomic mass is 9.84. The van der Waals surface area contributed by atoms with Crippen molar-refractivity contribution in [1.82, 2.24) is 0 Å². The van der Waals surface area contributed by atoms with E-state index in [9.17, 15) is 4.79 Å². The second kappa shape index (κ2) is 27.3. The first kappa shape index (κ1) is 35.2. The predicted molar refractivity (Wildman–Crippen MR) is 161 cm³/mol. The molecule has 0 aromatic heterocycles. The Hall–Kier alpha value is -0.790. The maximum atomic E-state index is 12.3. The fraction of sp³-hybridized carbons (Fsp3) is 0.912. The highest BCUT2D eigenvalue weighted by Crippen LogP contribution is 2.26. The van der Waals surface area contributed by atoms with Crippen molar-refractivity contribution >= 4 is 5.97 Å². The maximum Gasteiger partial charge on any atom is 0.330 e. The van der Waals surface area contributed by atoms with Gasteiger partial charge in [-0.25, -0.2) is 4.79 Å². The predicted octanol–water partition coefficient (Wildman–Crippen LogP) is 11.6. The Bertz CT molecular complexity index is 482. The summed E-state index contributed by atoms with van der Waals surface area (Å²) in [6, 6.07) is 0. The Kier molecular flexibility index (Phi) is 26.7. The molecule has 0 heterocycles. The average Bonchev–Trinajstić information content (AvgIpc) is 2.86. The second-order valence-corrected chi connectivity index (χ2v) is 11.8. The topological polar surface area (TPSA) is 26.3 Å². The van der Waals surface area contributed by atoms with Gasteiger partial charge < -0.3 is 4.74 Å². The SMILES string of the molecule is CCCCCCCCC=CC(=O)OCC(CCCCCCCCCC)CCCC(CCCC)C(C)C. The lowest BCUT2D eigenvalue weighted by molar-refractivity contribution is -0.139. The van der Waals surface area contributed by atoms with E-state index in [1.807, 2.05) is 6.08 Å². The van der Waals surface area contributed by atoms with Crippen LogP contribution in [-0.2, 0) is 9.53 Å². The van der Waals surface area contributed by atoms with Crippen LogP contribution >= 0.6 is 0 Å². The zero-order valence-electron chi connectivity index (χ0n) is 25.5. The zero-order valence-corrected chi connectivity index (χ0v) is 25.5. The molecule has 0 N–H and O–H groups in total. The van der Waals surface area contributed by atoms with Gasteiger partial charge in [-0.3, -0.25) is 0 Å². The van der Waals surface area contributed by atoms with Gasteiger partial charge in [0.15, 0.2) is 0 Å². The smallest absolute Gasteiger partial charge is 0.330 e. The van der Waals surface area contributed by atoms with Gasteiger partial charge in [-0.2, -0.15) is 0 Å². The van der Waals surface area contributed by atoms with Crippen LogP contribution in [-0.4, -0.2) is 12.6 Å². The van der Waals surface area contributed by atoms with Crippen molar-refractivity contribution in [3.8, 4) is 0 Å². The molecule has 0 aliphatic carbocycles. The van der Waals surface area contributed by atoms with Gasteiger partial charge in [-0.1, -0.05) is 156 Å². The molecule has 0 aliphatic rings. The molecule has 2 heteroatoms. The van der Waals surface area contributed by atoms with E-state index < -0.39 is 0 Å². The fourth-order valence-corrected chi connectivity index (χ4v) is 5.29. The quantitative estimate of drug-likeness (QED) is 0.0629. The zero-order chi connectivity index (χ0) is 26.7. The van der Waals surface area contributed by atoms with Crippen molar-refractivity contribution < 1.29 is 9.53 Å². The summed E-state index contributed by atoms with van der Waals surface area (Å²) in [5.74, 6) is 2.02. The van der Waals surface area contributed by atoms with Crippen molar-refractivity contribution in [2.24, 2.45) is 17.8 Å². The van der Waals surface area contributed by atoms with Gasteiger partial charge in [-0.15, -0.1) is 0 Å². The number of rotatable bonds is 27. The molecule has 0 aromatic carbocycles. The largest absolute Gasteiger partial charge is 0.462 e. The second-order valence-electron chi connectivity index (χ2n) is 11.8. The molecule has 214 valence electrons. The van der Waals surface area contributed by atoms with Crippen LogP contribution < -0.4 is 0 Å². The lowest BCUT2D eigenvalue weighted by Crippen LogP contribution is -2.15. The molecule has 0 radical (unpaired) electrons. The Morgan fingerprint density at radius 1 is 0.611 bits per heavy atom. The highest BCUT2D eigenvalue weighted by molar-refractivity contribution is 5.81. The van der Waals surface area contributed by atoms with Crippen molar-refractivity contribution in [1.29, 1.82) is 0 Å². The summed E-state index contributed by atoms with van der Waals surface area (Å²) in [6.07, 6.45) is 32.4. The van der Waals surface area contributed by atoms with Crippen LogP contribution in [0.5, 0.6) is 0 Å². The monoisotopic (exact) mass is 507 g/mol. The minimum atomic E-state index is -0.134. The summed E-state index contributed by atoms with van der Waals surface area (Å²) in [4.78, 5) is 12.3. The van der Waals surface area contributed by atoms with E-state index in [0.29, 0.717) is 12.5 Å². The van der Waals surface area contributed by atoms with E-state index >= 15 is 0 Å². The van der Waals surface area contributed by atoms with Crippen LogP contribution in [0.1, 0.15) is 176 Å². The van der Waals surface area contributed by atoms with Crippen LogP contribution in [0.3, 0.4) is 0 Å². The first-order valence-corrected chi connectivity index (χ1v) is 16.4. The standard InChI is InChI=1S/C34H66O2/c1-6-9-12-14-16-18-20-22-25-32(26-24-28-33(31(4)5)27-11-8-3)30-36-34(35)29-23-21-19-17-15-13-10-7-2/h23,29,31-33H,6-22,24-28,30H2,1-5H3. The summed E-state index contributed by atoms with van der Waals surface area (Å²) in [6.45, 7) is 12.2. The molecule has 2 atom stereocenters. The third-order valence-corrected chi connectivity index (χ3v) is 7.96. The van der Waals surface area contributed by atoms with E-state index in [2.05, 4.69) is 34.6 Å². The fourth-order valence-electron chi connectivity index (χ4n) is 5.29. The van der Waals surface area contributed by atoms with Gasteiger partial charge in [0.2, 0.25) is 0 Å². The van der Waals surface area contributed by atoms with Crippen LogP contribution in [0.25, 0.3) is 0 Å². The van der Waals surface area contributed by atoms with Gasteiger partial charge in [0.1, 0.15) is 0 Å². The van der Waals surface area contributed by atoms with Crippen molar-refractivity contribution in [3.05, 3.63) is 12.2 Å². The Morgan fingerprint density at radius 3 is 1.69 bits per heavy atom. The van der Waals surface area contributed by atoms with Crippen LogP contribution in [0, 0.1) is 17.8 Å². The first-order chi connectivity index (χ1) is 17.5. The highest BCUT2D eigenvalue weighted by Gasteiger charge is 2.16. The molecule has 0 spiro atoms. The Balaban J connectivity index is 4.37. The molecule has 0 aliphatic heterocycles. The third kappa shape index (κ3) is 23.6. The van der Waals surface area contributed by atoms with Gasteiger partial charge >= 0.3 is 5.97 Å². The molecule has 0 aromatic rings. The molecule has 2 unspecified atom stereocenters. The van der Waals surface area contributed by atoms with Crippen molar-refractivity contribution in [2.45, 2.75) is 176 Å². The Labute approximate surface area is 227 Å². The summed E-state index contributed by atoms with van der Waals surface area (Å²) >= 11 is 0. The number of esters is 1. The van der Waals surface area contributed by atoms with Gasteiger partial charge in [0.25, 0.3) is 0 Å². The number of unbranched alkanes of at least 4 members (excludes halogenated alkanes) is 14. The molecule has 0 saturated carbocycles. The van der Waals surface area contributed by atoms with E-state index in [1.165, 1.54) is 135 Å². The maximum absolute atomic E-state index is 12.3. The van der Waals surface area contributed by atoms with Gasteiger partial charge in [-0.05, 0) is 43.4 Å². The van der Waals surface area contributed by atoms with E-state index in [4.69, 9.17) is 4.74 Å². The number of hydrogen-bond donors (Lipinski definition) is 0. The number of carbonyl (C=O) groups excluding carboxylic acids is 1. The summed E-state index contributed by atoms with van der Waals surface area (Å²) < 4.78 is 5.73. The summed E-state index contributed by atoms with van der Waals surface area (Å²) in [5.41, 5.74) is 0. The molecular formula is C34H66O2. The Morgan fingerprint density at radius 2 is 1.11 bits per heavy atom. The van der Waals surface area contributed by atoms with Crippen LogP contribution in [0.4, 0.5) is 0 Å². The molecule has 0 rings (SSSR count). The molecule has 0 saturated heterocycles. The average molecular weight is 507 g/mol. The van der Waals surface area contributed by atoms with Crippen molar-refractivity contribution in [3.63, 3.8) is 0 Å². The molecule has 36 heavy (non-hydrogen) atoms. The molecule has 2 nitrogen and oxygen atoms in total. The molecule has 0 amide bonds. The summed E-state index contributed by atoms with van der Waals surface area (Å²) in [7, 11) is 0. The van der Waals surface area contributed by atoms with Crippen LogP contribution in [0.15, 0.2) is 12.2 Å². The molecular weight excluding hydrogens is 440 g/mol. The van der Waals surface area contributed by atoms with E-state index in [1.54, 1.807) is 6.08 Å². The molecule has 0 fully saturated rings. The highest BCUT2D eigenvalue weighted by atomic mass is 16.5. The normalized spacial score (nSPS) is 13.5. The first-order valence-electron chi connectivity index (χ1n) is 16.4. The van der Waals surface area contributed by atoms with Crippen LogP contribution in [0.2, 0.25) is 0 Å². The van der Waals surface area contributed by atoms with Gasteiger partial charge in [0, 0.05) is 6.08 Å². The minimum Gasteiger partial charge on any atom is -0.462 e. The van der Waals surface area contributed by atoms with E-state index in [-0.39, 0.29) is 5.97 Å². The van der Waals surface area contributed by atoms with Gasteiger partial charge in [0.05, 0.1) is 6.61 Å². The molecule has 0 bridgehead atoms. The number of ether oxygens (including phenoxy) is 1. The number of carbonyl (C=O) groups is 1. The number of allylic oxidation sites excluding steroid dienone is 1.